The molecule has 0 atom stereocenters. The SMILES string of the molecule is Cc1ccc(NC(=O)CCn2nccc2C(=O)O)cc1. The maximum atomic E-state index is 11.8. The van der Waals surface area contributed by atoms with Gasteiger partial charge in [0.25, 0.3) is 0 Å². The molecule has 0 aliphatic rings. The molecule has 0 unspecified atom stereocenters. The van der Waals surface area contributed by atoms with Crippen LogP contribution in [0, 0.1) is 6.92 Å². The molecule has 0 bridgehead atoms. The molecule has 0 saturated carbocycles. The minimum atomic E-state index is -1.05. The predicted octanol–water partition coefficient (Wildman–Crippen LogP) is 1.92. The molecule has 1 aromatic carbocycles. The fraction of sp³-hybridized carbons (Fsp3) is 0.214. The highest BCUT2D eigenvalue weighted by Crippen LogP contribution is 2.09. The zero-order valence-corrected chi connectivity index (χ0v) is 11.0. The van der Waals surface area contributed by atoms with Crippen molar-refractivity contribution in [3.63, 3.8) is 0 Å². The van der Waals surface area contributed by atoms with Crippen LogP contribution in [0.1, 0.15) is 22.5 Å². The van der Waals surface area contributed by atoms with Crippen LogP contribution in [0.4, 0.5) is 5.69 Å². The van der Waals surface area contributed by atoms with Crippen molar-refractivity contribution in [1.82, 2.24) is 9.78 Å². The summed E-state index contributed by atoms with van der Waals surface area (Å²) in [4.78, 5) is 22.7. The smallest absolute Gasteiger partial charge is 0.354 e. The Morgan fingerprint density at radius 1 is 1.25 bits per heavy atom. The lowest BCUT2D eigenvalue weighted by Gasteiger charge is -2.07. The standard InChI is InChI=1S/C14H15N3O3/c1-10-2-4-11(5-3-10)16-13(18)7-9-17-12(14(19)20)6-8-15-17/h2-6,8H,7,9H2,1H3,(H,16,18)(H,19,20). The fourth-order valence-electron chi connectivity index (χ4n) is 1.76. The third-order valence-corrected chi connectivity index (χ3v) is 2.82. The minimum Gasteiger partial charge on any atom is -0.477 e. The van der Waals surface area contributed by atoms with Crippen LogP contribution in [0.2, 0.25) is 0 Å². The van der Waals surface area contributed by atoms with Gasteiger partial charge in [-0.25, -0.2) is 4.79 Å². The van der Waals surface area contributed by atoms with Crippen molar-refractivity contribution in [2.24, 2.45) is 0 Å². The molecule has 0 aliphatic carbocycles. The van der Waals surface area contributed by atoms with Gasteiger partial charge in [-0.3, -0.25) is 9.48 Å². The summed E-state index contributed by atoms with van der Waals surface area (Å²) >= 11 is 0. The number of carboxylic acids is 1. The van der Waals surface area contributed by atoms with E-state index in [-0.39, 0.29) is 24.6 Å². The van der Waals surface area contributed by atoms with Crippen molar-refractivity contribution < 1.29 is 14.7 Å². The van der Waals surface area contributed by atoms with Gasteiger partial charge in [-0.05, 0) is 25.1 Å². The van der Waals surface area contributed by atoms with Gasteiger partial charge >= 0.3 is 5.97 Å². The van der Waals surface area contributed by atoms with Gasteiger partial charge in [0.2, 0.25) is 5.91 Å². The number of nitrogens with zero attached hydrogens (tertiary/aromatic N) is 2. The normalized spacial score (nSPS) is 10.2. The number of benzene rings is 1. The van der Waals surface area contributed by atoms with Crippen LogP contribution in [0.3, 0.4) is 0 Å². The highest BCUT2D eigenvalue weighted by molar-refractivity contribution is 5.90. The summed E-state index contributed by atoms with van der Waals surface area (Å²) in [6, 6.07) is 8.87. The molecule has 2 aromatic rings. The summed E-state index contributed by atoms with van der Waals surface area (Å²) in [7, 11) is 0. The molecular formula is C14H15N3O3. The topological polar surface area (TPSA) is 84.2 Å². The Hall–Kier alpha value is -2.63. The quantitative estimate of drug-likeness (QED) is 0.871. The van der Waals surface area contributed by atoms with E-state index in [0.717, 1.165) is 11.3 Å². The second-order valence-electron chi connectivity index (χ2n) is 4.41. The van der Waals surface area contributed by atoms with Crippen LogP contribution in [0.25, 0.3) is 0 Å². The highest BCUT2D eigenvalue weighted by Gasteiger charge is 2.11. The molecule has 0 spiro atoms. The average Bonchev–Trinajstić information content (AvgIpc) is 2.88. The predicted molar refractivity (Wildman–Crippen MR) is 73.6 cm³/mol. The molecular weight excluding hydrogens is 258 g/mol. The van der Waals surface area contributed by atoms with Crippen molar-refractivity contribution in [2.75, 3.05) is 5.32 Å². The van der Waals surface area contributed by atoms with Crippen molar-refractivity contribution in [2.45, 2.75) is 19.9 Å². The number of carbonyl (C=O) groups is 2. The molecule has 1 heterocycles. The summed E-state index contributed by atoms with van der Waals surface area (Å²) in [5, 5.41) is 15.6. The van der Waals surface area contributed by atoms with E-state index in [1.54, 1.807) is 0 Å². The van der Waals surface area contributed by atoms with Crippen molar-refractivity contribution >= 4 is 17.6 Å². The van der Waals surface area contributed by atoms with Gasteiger partial charge in [-0.1, -0.05) is 17.7 Å². The average molecular weight is 273 g/mol. The summed E-state index contributed by atoms with van der Waals surface area (Å²) in [6.07, 6.45) is 1.57. The Bertz CT molecular complexity index is 617. The largest absolute Gasteiger partial charge is 0.477 e. The lowest BCUT2D eigenvalue weighted by Crippen LogP contribution is -2.17. The third-order valence-electron chi connectivity index (χ3n) is 2.82. The summed E-state index contributed by atoms with van der Waals surface area (Å²) in [5.41, 5.74) is 1.92. The molecule has 6 heteroatoms. The number of rotatable bonds is 5. The first kappa shape index (κ1) is 13.8. The number of hydrogen-bond acceptors (Lipinski definition) is 3. The molecule has 0 saturated heterocycles. The van der Waals surface area contributed by atoms with Gasteiger partial charge in [0.1, 0.15) is 5.69 Å². The molecule has 0 fully saturated rings. The molecule has 6 nitrogen and oxygen atoms in total. The van der Waals surface area contributed by atoms with E-state index >= 15 is 0 Å². The number of aromatic carboxylic acids is 1. The van der Waals surface area contributed by atoms with Crippen LogP contribution < -0.4 is 5.32 Å². The van der Waals surface area contributed by atoms with E-state index < -0.39 is 5.97 Å². The molecule has 0 aliphatic heterocycles. The van der Waals surface area contributed by atoms with Gasteiger partial charge in [0, 0.05) is 18.3 Å². The number of aromatic nitrogens is 2. The summed E-state index contributed by atoms with van der Waals surface area (Å²) in [6.45, 7) is 2.20. The zero-order chi connectivity index (χ0) is 14.5. The number of hydrogen-bond donors (Lipinski definition) is 2. The van der Waals surface area contributed by atoms with Gasteiger partial charge in [0.05, 0.1) is 6.54 Å². The van der Waals surface area contributed by atoms with Crippen molar-refractivity contribution in [1.29, 1.82) is 0 Å². The Balaban J connectivity index is 1.90. The van der Waals surface area contributed by atoms with Crippen molar-refractivity contribution in [3.8, 4) is 0 Å². The minimum absolute atomic E-state index is 0.0770. The number of carbonyl (C=O) groups excluding carboxylic acids is 1. The Morgan fingerprint density at radius 2 is 1.95 bits per heavy atom. The van der Waals surface area contributed by atoms with Gasteiger partial charge in [-0.2, -0.15) is 5.10 Å². The van der Waals surface area contributed by atoms with E-state index in [0.29, 0.717) is 0 Å². The van der Waals surface area contributed by atoms with E-state index in [4.69, 9.17) is 5.11 Å². The molecule has 2 rings (SSSR count). The number of anilines is 1. The van der Waals surface area contributed by atoms with E-state index in [9.17, 15) is 9.59 Å². The summed E-state index contributed by atoms with van der Waals surface area (Å²) in [5.74, 6) is -1.23. The fourth-order valence-corrected chi connectivity index (χ4v) is 1.76. The lowest BCUT2D eigenvalue weighted by molar-refractivity contribution is -0.116. The van der Waals surface area contributed by atoms with Crippen LogP contribution in [-0.4, -0.2) is 26.8 Å². The molecule has 1 aromatic heterocycles. The maximum absolute atomic E-state index is 11.8. The molecule has 20 heavy (non-hydrogen) atoms. The van der Waals surface area contributed by atoms with Crippen LogP contribution >= 0.6 is 0 Å². The molecule has 0 radical (unpaired) electrons. The number of aryl methyl sites for hydroxylation is 2. The van der Waals surface area contributed by atoms with Crippen LogP contribution in [0.15, 0.2) is 36.5 Å². The lowest BCUT2D eigenvalue weighted by atomic mass is 10.2. The van der Waals surface area contributed by atoms with E-state index in [1.807, 2.05) is 31.2 Å². The molecule has 1 amide bonds. The van der Waals surface area contributed by atoms with Crippen LogP contribution in [0.5, 0.6) is 0 Å². The Kier molecular flexibility index (Phi) is 4.14. The highest BCUT2D eigenvalue weighted by atomic mass is 16.4. The molecule has 104 valence electrons. The first-order valence-corrected chi connectivity index (χ1v) is 6.18. The Labute approximate surface area is 116 Å². The second-order valence-corrected chi connectivity index (χ2v) is 4.41. The van der Waals surface area contributed by atoms with Gasteiger partial charge in [-0.15, -0.1) is 0 Å². The molecule has 2 N–H and O–H groups in total. The van der Waals surface area contributed by atoms with Crippen molar-refractivity contribution in [3.05, 3.63) is 47.8 Å². The monoisotopic (exact) mass is 273 g/mol. The number of carboxylic acid groups (broad SMARTS) is 1. The second kappa shape index (κ2) is 6.01. The first-order chi connectivity index (χ1) is 9.56. The summed E-state index contributed by atoms with van der Waals surface area (Å²) < 4.78 is 1.30. The van der Waals surface area contributed by atoms with E-state index in [1.165, 1.54) is 16.9 Å². The first-order valence-electron chi connectivity index (χ1n) is 6.18. The van der Waals surface area contributed by atoms with Gasteiger partial charge in [0.15, 0.2) is 0 Å². The van der Waals surface area contributed by atoms with E-state index in [2.05, 4.69) is 10.4 Å². The van der Waals surface area contributed by atoms with Crippen LogP contribution in [-0.2, 0) is 11.3 Å². The third kappa shape index (κ3) is 3.44. The zero-order valence-electron chi connectivity index (χ0n) is 11.0. The number of amides is 1. The maximum Gasteiger partial charge on any atom is 0.354 e. The van der Waals surface area contributed by atoms with Gasteiger partial charge < -0.3 is 10.4 Å². The Morgan fingerprint density at radius 3 is 2.60 bits per heavy atom. The number of nitrogens with one attached hydrogen (secondary N) is 1.